The summed E-state index contributed by atoms with van der Waals surface area (Å²) in [6.07, 6.45) is 4.19. The van der Waals surface area contributed by atoms with Crippen molar-refractivity contribution < 1.29 is 0 Å². The number of halogens is 1. The molecule has 0 saturated heterocycles. The van der Waals surface area contributed by atoms with Crippen LogP contribution in [0.2, 0.25) is 0 Å². The highest BCUT2D eigenvalue weighted by atomic mass is 79.9. The Hall–Kier alpha value is 0.440. The van der Waals surface area contributed by atoms with Crippen molar-refractivity contribution in [2.45, 2.75) is 39.2 Å². The van der Waals surface area contributed by atoms with Crippen LogP contribution in [0.3, 0.4) is 0 Å². The van der Waals surface area contributed by atoms with Gasteiger partial charge in [-0.2, -0.15) is 0 Å². The van der Waals surface area contributed by atoms with Gasteiger partial charge in [0.2, 0.25) is 0 Å². The SMILES string of the molecule is CCC(CBr)CN(C)C(C)C1CC1. The van der Waals surface area contributed by atoms with Gasteiger partial charge in [0.1, 0.15) is 0 Å². The van der Waals surface area contributed by atoms with Gasteiger partial charge in [-0.1, -0.05) is 29.3 Å². The molecule has 13 heavy (non-hydrogen) atoms. The monoisotopic (exact) mass is 247 g/mol. The van der Waals surface area contributed by atoms with Crippen molar-refractivity contribution in [1.82, 2.24) is 4.90 Å². The van der Waals surface area contributed by atoms with Gasteiger partial charge in [0.15, 0.2) is 0 Å². The Kier molecular flexibility index (Phi) is 4.74. The third-order valence-electron chi connectivity index (χ3n) is 3.34. The summed E-state index contributed by atoms with van der Waals surface area (Å²) < 4.78 is 0. The first-order chi connectivity index (χ1) is 6.19. The maximum absolute atomic E-state index is 3.58. The first-order valence-electron chi connectivity index (χ1n) is 5.45. The molecule has 1 aliphatic rings. The standard InChI is InChI=1S/C11H22BrN/c1-4-10(7-12)8-13(3)9(2)11-5-6-11/h9-11H,4-8H2,1-3H3. The maximum Gasteiger partial charge on any atom is 0.00922 e. The van der Waals surface area contributed by atoms with Crippen LogP contribution in [0.25, 0.3) is 0 Å². The maximum atomic E-state index is 3.58. The van der Waals surface area contributed by atoms with Crippen molar-refractivity contribution in [1.29, 1.82) is 0 Å². The van der Waals surface area contributed by atoms with E-state index in [1.54, 1.807) is 0 Å². The van der Waals surface area contributed by atoms with Crippen LogP contribution in [0.4, 0.5) is 0 Å². The van der Waals surface area contributed by atoms with Gasteiger partial charge in [-0.3, -0.25) is 0 Å². The zero-order chi connectivity index (χ0) is 9.84. The van der Waals surface area contributed by atoms with Crippen LogP contribution < -0.4 is 0 Å². The van der Waals surface area contributed by atoms with Crippen LogP contribution in [0.5, 0.6) is 0 Å². The molecular formula is C11H22BrN. The van der Waals surface area contributed by atoms with E-state index in [9.17, 15) is 0 Å². The first kappa shape index (κ1) is 11.5. The third kappa shape index (κ3) is 3.59. The fourth-order valence-electron chi connectivity index (χ4n) is 1.80. The second kappa shape index (κ2) is 5.35. The third-order valence-corrected chi connectivity index (χ3v) is 4.26. The number of hydrogen-bond acceptors (Lipinski definition) is 1. The van der Waals surface area contributed by atoms with E-state index in [1.165, 1.54) is 25.8 Å². The summed E-state index contributed by atoms with van der Waals surface area (Å²) in [4.78, 5) is 2.53. The molecule has 0 spiro atoms. The number of alkyl halides is 1. The second-order valence-corrected chi connectivity index (χ2v) is 5.09. The molecule has 0 amide bonds. The lowest BCUT2D eigenvalue weighted by molar-refractivity contribution is 0.205. The minimum Gasteiger partial charge on any atom is -0.303 e. The number of rotatable bonds is 6. The van der Waals surface area contributed by atoms with E-state index in [2.05, 4.69) is 41.7 Å². The Morgan fingerprint density at radius 3 is 2.46 bits per heavy atom. The van der Waals surface area contributed by atoms with Crippen molar-refractivity contribution in [2.24, 2.45) is 11.8 Å². The van der Waals surface area contributed by atoms with Gasteiger partial charge in [0, 0.05) is 17.9 Å². The van der Waals surface area contributed by atoms with Crippen molar-refractivity contribution >= 4 is 15.9 Å². The summed E-state index contributed by atoms with van der Waals surface area (Å²) in [5.74, 6) is 1.82. The molecule has 2 heteroatoms. The van der Waals surface area contributed by atoms with E-state index in [4.69, 9.17) is 0 Å². The predicted molar refractivity (Wildman–Crippen MR) is 62.4 cm³/mol. The lowest BCUT2D eigenvalue weighted by atomic mass is 10.1. The Balaban J connectivity index is 2.25. The summed E-state index contributed by atoms with van der Waals surface area (Å²) in [6, 6.07) is 0.799. The molecule has 1 rings (SSSR count). The molecule has 1 nitrogen and oxygen atoms in total. The highest BCUT2D eigenvalue weighted by Gasteiger charge is 2.30. The Morgan fingerprint density at radius 1 is 1.46 bits per heavy atom. The highest BCUT2D eigenvalue weighted by molar-refractivity contribution is 9.09. The smallest absolute Gasteiger partial charge is 0.00922 e. The fraction of sp³-hybridized carbons (Fsp3) is 1.00. The summed E-state index contributed by atoms with van der Waals surface area (Å²) in [5.41, 5.74) is 0. The number of nitrogens with zero attached hydrogens (tertiary/aromatic N) is 1. The minimum absolute atomic E-state index is 0.799. The summed E-state index contributed by atoms with van der Waals surface area (Å²) in [7, 11) is 2.27. The molecular weight excluding hydrogens is 226 g/mol. The molecule has 0 heterocycles. The minimum atomic E-state index is 0.799. The van der Waals surface area contributed by atoms with Crippen LogP contribution in [0, 0.1) is 11.8 Å². The van der Waals surface area contributed by atoms with Crippen molar-refractivity contribution in [3.63, 3.8) is 0 Å². The van der Waals surface area contributed by atoms with E-state index < -0.39 is 0 Å². The Labute approximate surface area is 91.0 Å². The van der Waals surface area contributed by atoms with E-state index in [1.807, 2.05) is 0 Å². The van der Waals surface area contributed by atoms with Gasteiger partial charge < -0.3 is 4.90 Å². The molecule has 0 aliphatic heterocycles. The van der Waals surface area contributed by atoms with Gasteiger partial charge in [-0.15, -0.1) is 0 Å². The summed E-state index contributed by atoms with van der Waals surface area (Å²) >= 11 is 3.58. The van der Waals surface area contributed by atoms with Crippen LogP contribution in [-0.4, -0.2) is 29.9 Å². The highest BCUT2D eigenvalue weighted by Crippen LogP contribution is 2.34. The first-order valence-corrected chi connectivity index (χ1v) is 6.57. The fourth-order valence-corrected chi connectivity index (χ4v) is 2.46. The van der Waals surface area contributed by atoms with Gasteiger partial charge in [-0.05, 0) is 38.6 Å². The van der Waals surface area contributed by atoms with E-state index in [0.29, 0.717) is 0 Å². The van der Waals surface area contributed by atoms with Gasteiger partial charge in [-0.25, -0.2) is 0 Å². The second-order valence-electron chi connectivity index (χ2n) is 4.45. The summed E-state index contributed by atoms with van der Waals surface area (Å²) in [6.45, 7) is 5.90. The van der Waals surface area contributed by atoms with E-state index in [-0.39, 0.29) is 0 Å². The van der Waals surface area contributed by atoms with Crippen LogP contribution in [-0.2, 0) is 0 Å². The average Bonchev–Trinajstić information content (AvgIpc) is 2.95. The molecule has 1 saturated carbocycles. The van der Waals surface area contributed by atoms with Gasteiger partial charge in [0.25, 0.3) is 0 Å². The molecule has 2 atom stereocenters. The Bertz CT molecular complexity index is 141. The Morgan fingerprint density at radius 2 is 2.08 bits per heavy atom. The summed E-state index contributed by atoms with van der Waals surface area (Å²) in [5, 5.41) is 1.14. The van der Waals surface area contributed by atoms with E-state index in [0.717, 1.165) is 23.2 Å². The quantitative estimate of drug-likeness (QED) is 0.653. The molecule has 1 fully saturated rings. The molecule has 2 unspecified atom stereocenters. The lowest BCUT2D eigenvalue weighted by Crippen LogP contribution is -2.35. The van der Waals surface area contributed by atoms with Crippen LogP contribution in [0.15, 0.2) is 0 Å². The van der Waals surface area contributed by atoms with E-state index >= 15 is 0 Å². The zero-order valence-electron chi connectivity index (χ0n) is 9.09. The molecule has 0 aromatic rings. The van der Waals surface area contributed by atoms with Crippen LogP contribution in [0.1, 0.15) is 33.1 Å². The average molecular weight is 248 g/mol. The molecule has 0 N–H and O–H groups in total. The topological polar surface area (TPSA) is 3.24 Å². The number of hydrogen-bond donors (Lipinski definition) is 0. The molecule has 78 valence electrons. The van der Waals surface area contributed by atoms with Crippen molar-refractivity contribution in [3.8, 4) is 0 Å². The van der Waals surface area contributed by atoms with Gasteiger partial charge in [0.05, 0.1) is 0 Å². The largest absolute Gasteiger partial charge is 0.303 e. The molecule has 1 aliphatic carbocycles. The van der Waals surface area contributed by atoms with Crippen LogP contribution >= 0.6 is 15.9 Å². The zero-order valence-corrected chi connectivity index (χ0v) is 10.7. The molecule has 0 bridgehead atoms. The molecule has 0 aromatic carbocycles. The van der Waals surface area contributed by atoms with Crippen molar-refractivity contribution in [2.75, 3.05) is 18.9 Å². The normalized spacial score (nSPS) is 21.9. The van der Waals surface area contributed by atoms with Gasteiger partial charge >= 0.3 is 0 Å². The van der Waals surface area contributed by atoms with Crippen molar-refractivity contribution in [3.05, 3.63) is 0 Å². The lowest BCUT2D eigenvalue weighted by Gasteiger charge is -2.27. The predicted octanol–water partition coefficient (Wildman–Crippen LogP) is 3.14. The molecule has 0 radical (unpaired) electrons. The molecule has 0 aromatic heterocycles.